The molecule has 1 aromatic carbocycles. The van der Waals surface area contributed by atoms with Crippen molar-refractivity contribution < 1.29 is 9.59 Å². The first kappa shape index (κ1) is 19.2. The highest BCUT2D eigenvalue weighted by Gasteiger charge is 2.37. The summed E-state index contributed by atoms with van der Waals surface area (Å²) in [4.78, 5) is 30.1. The van der Waals surface area contributed by atoms with Crippen LogP contribution in [0.15, 0.2) is 36.5 Å². The SMILES string of the molecule is CCNC(=O)[C@@H]1C[C@H](NC(=O)c2ccc[nH]2)CN1Cc1cc(C)ccc1C. The lowest BCUT2D eigenvalue weighted by atomic mass is 10.0. The van der Waals surface area contributed by atoms with Gasteiger partial charge in [0.2, 0.25) is 5.91 Å². The van der Waals surface area contributed by atoms with Crippen molar-refractivity contribution in [3.05, 3.63) is 58.9 Å². The first-order chi connectivity index (χ1) is 13.0. The molecular weight excluding hydrogens is 340 g/mol. The maximum absolute atomic E-state index is 12.6. The molecule has 3 N–H and O–H groups in total. The Kier molecular flexibility index (Phi) is 5.96. The van der Waals surface area contributed by atoms with E-state index in [1.54, 1.807) is 18.3 Å². The summed E-state index contributed by atoms with van der Waals surface area (Å²) >= 11 is 0. The van der Waals surface area contributed by atoms with Crippen LogP contribution in [0, 0.1) is 13.8 Å². The summed E-state index contributed by atoms with van der Waals surface area (Å²) in [6.07, 6.45) is 2.34. The van der Waals surface area contributed by atoms with E-state index in [-0.39, 0.29) is 23.9 Å². The fourth-order valence-electron chi connectivity index (χ4n) is 3.67. The van der Waals surface area contributed by atoms with Crippen LogP contribution in [-0.2, 0) is 11.3 Å². The van der Waals surface area contributed by atoms with Crippen molar-refractivity contribution in [1.29, 1.82) is 0 Å². The van der Waals surface area contributed by atoms with E-state index in [1.807, 2.05) is 6.92 Å². The molecule has 1 saturated heterocycles. The van der Waals surface area contributed by atoms with E-state index in [0.29, 0.717) is 31.7 Å². The van der Waals surface area contributed by atoms with Crippen molar-refractivity contribution in [2.75, 3.05) is 13.1 Å². The molecule has 3 rings (SSSR count). The second-order valence-electron chi connectivity index (χ2n) is 7.26. The van der Waals surface area contributed by atoms with Crippen molar-refractivity contribution in [2.24, 2.45) is 0 Å². The van der Waals surface area contributed by atoms with E-state index < -0.39 is 0 Å². The number of likely N-dealkylation sites (N-methyl/N-ethyl adjacent to an activating group) is 1. The molecule has 27 heavy (non-hydrogen) atoms. The van der Waals surface area contributed by atoms with Gasteiger partial charge in [0.05, 0.1) is 6.04 Å². The lowest BCUT2D eigenvalue weighted by Crippen LogP contribution is -2.42. The van der Waals surface area contributed by atoms with Gasteiger partial charge in [-0.25, -0.2) is 0 Å². The number of aromatic amines is 1. The summed E-state index contributed by atoms with van der Waals surface area (Å²) < 4.78 is 0. The summed E-state index contributed by atoms with van der Waals surface area (Å²) in [5.41, 5.74) is 4.19. The van der Waals surface area contributed by atoms with E-state index in [4.69, 9.17) is 0 Å². The quantitative estimate of drug-likeness (QED) is 0.731. The molecule has 1 aliphatic rings. The lowest BCUT2D eigenvalue weighted by molar-refractivity contribution is -0.125. The van der Waals surface area contributed by atoms with Gasteiger partial charge < -0.3 is 15.6 Å². The topological polar surface area (TPSA) is 77.2 Å². The third-order valence-electron chi connectivity index (χ3n) is 5.11. The average molecular weight is 368 g/mol. The van der Waals surface area contributed by atoms with Crippen LogP contribution in [0.3, 0.4) is 0 Å². The third-order valence-corrected chi connectivity index (χ3v) is 5.11. The minimum Gasteiger partial charge on any atom is -0.357 e. The Morgan fingerprint density at radius 3 is 2.78 bits per heavy atom. The zero-order chi connectivity index (χ0) is 19.4. The maximum atomic E-state index is 12.6. The Hall–Kier alpha value is -2.60. The smallest absolute Gasteiger partial charge is 0.267 e. The highest BCUT2D eigenvalue weighted by atomic mass is 16.2. The van der Waals surface area contributed by atoms with Crippen molar-refractivity contribution >= 4 is 11.8 Å². The Morgan fingerprint density at radius 1 is 1.26 bits per heavy atom. The second kappa shape index (κ2) is 8.39. The first-order valence-electron chi connectivity index (χ1n) is 9.50. The Bertz CT molecular complexity index is 801. The molecule has 2 heterocycles. The van der Waals surface area contributed by atoms with Gasteiger partial charge in [-0.3, -0.25) is 14.5 Å². The summed E-state index contributed by atoms with van der Waals surface area (Å²) in [6, 6.07) is 9.65. The summed E-state index contributed by atoms with van der Waals surface area (Å²) in [5.74, 6) is -0.104. The molecule has 0 bridgehead atoms. The number of carbonyl (C=O) groups excluding carboxylic acids is 2. The van der Waals surface area contributed by atoms with E-state index in [1.165, 1.54) is 16.7 Å². The standard InChI is InChI=1S/C21H28N4O2/c1-4-22-21(27)19-11-17(24-20(26)18-6-5-9-23-18)13-25(19)12-16-10-14(2)7-8-15(16)3/h5-10,17,19,23H,4,11-13H2,1-3H3,(H,22,27)(H,24,26)/t17-,19-/m0/s1. The van der Waals surface area contributed by atoms with E-state index in [2.05, 4.69) is 52.6 Å². The molecule has 2 amide bonds. The Labute approximate surface area is 160 Å². The molecule has 0 spiro atoms. The predicted octanol–water partition coefficient (Wildman–Crippen LogP) is 2.14. The Morgan fingerprint density at radius 2 is 2.07 bits per heavy atom. The third kappa shape index (κ3) is 4.57. The number of amides is 2. The molecule has 0 unspecified atom stereocenters. The van der Waals surface area contributed by atoms with Crippen LogP contribution >= 0.6 is 0 Å². The summed E-state index contributed by atoms with van der Waals surface area (Å²) in [7, 11) is 0. The van der Waals surface area contributed by atoms with Crippen molar-refractivity contribution in [3.8, 4) is 0 Å². The maximum Gasteiger partial charge on any atom is 0.267 e. The molecular formula is C21H28N4O2. The van der Waals surface area contributed by atoms with Crippen LogP contribution in [0.4, 0.5) is 0 Å². The molecule has 2 atom stereocenters. The largest absolute Gasteiger partial charge is 0.357 e. The number of likely N-dealkylation sites (tertiary alicyclic amines) is 1. The normalized spacial score (nSPS) is 19.8. The number of aromatic nitrogens is 1. The van der Waals surface area contributed by atoms with Crippen LogP contribution in [0.1, 0.15) is 40.5 Å². The van der Waals surface area contributed by atoms with Gasteiger partial charge in [0.1, 0.15) is 5.69 Å². The second-order valence-corrected chi connectivity index (χ2v) is 7.26. The van der Waals surface area contributed by atoms with Crippen LogP contribution in [-0.4, -0.2) is 46.9 Å². The molecule has 2 aromatic rings. The van der Waals surface area contributed by atoms with Crippen LogP contribution in [0.2, 0.25) is 0 Å². The number of hydrogen-bond acceptors (Lipinski definition) is 3. The van der Waals surface area contributed by atoms with Crippen LogP contribution < -0.4 is 10.6 Å². The number of benzene rings is 1. The predicted molar refractivity (Wildman–Crippen MR) is 105 cm³/mol. The fraction of sp³-hybridized carbons (Fsp3) is 0.429. The van der Waals surface area contributed by atoms with E-state index >= 15 is 0 Å². The monoisotopic (exact) mass is 368 g/mol. The van der Waals surface area contributed by atoms with Gasteiger partial charge >= 0.3 is 0 Å². The van der Waals surface area contributed by atoms with Gasteiger partial charge in [0.15, 0.2) is 0 Å². The molecule has 1 aromatic heterocycles. The fourth-order valence-corrected chi connectivity index (χ4v) is 3.67. The molecule has 144 valence electrons. The van der Waals surface area contributed by atoms with Crippen LogP contribution in [0.25, 0.3) is 0 Å². The number of aryl methyl sites for hydroxylation is 2. The molecule has 1 aliphatic heterocycles. The number of nitrogens with one attached hydrogen (secondary N) is 3. The van der Waals surface area contributed by atoms with Gasteiger partial charge in [-0.1, -0.05) is 23.8 Å². The number of carbonyl (C=O) groups is 2. The van der Waals surface area contributed by atoms with Gasteiger partial charge in [-0.05, 0) is 50.5 Å². The Balaban J connectivity index is 1.74. The molecule has 0 aliphatic carbocycles. The molecule has 0 radical (unpaired) electrons. The van der Waals surface area contributed by atoms with E-state index in [0.717, 1.165) is 0 Å². The lowest BCUT2D eigenvalue weighted by Gasteiger charge is -2.24. The van der Waals surface area contributed by atoms with Gasteiger partial charge in [0.25, 0.3) is 5.91 Å². The summed E-state index contributed by atoms with van der Waals surface area (Å²) in [6.45, 7) is 8.05. The average Bonchev–Trinajstić information content (AvgIpc) is 3.28. The molecule has 0 saturated carbocycles. The minimum absolute atomic E-state index is 0.0272. The van der Waals surface area contributed by atoms with Gasteiger partial charge in [0, 0.05) is 31.9 Å². The van der Waals surface area contributed by atoms with E-state index in [9.17, 15) is 9.59 Å². The van der Waals surface area contributed by atoms with Crippen molar-refractivity contribution in [1.82, 2.24) is 20.5 Å². The van der Waals surface area contributed by atoms with Crippen molar-refractivity contribution in [2.45, 2.75) is 45.8 Å². The van der Waals surface area contributed by atoms with Crippen LogP contribution in [0.5, 0.6) is 0 Å². The summed E-state index contributed by atoms with van der Waals surface area (Å²) in [5, 5.41) is 5.99. The number of nitrogens with zero attached hydrogens (tertiary/aromatic N) is 1. The molecule has 1 fully saturated rings. The zero-order valence-electron chi connectivity index (χ0n) is 16.2. The molecule has 6 nitrogen and oxygen atoms in total. The van der Waals surface area contributed by atoms with Crippen molar-refractivity contribution in [3.63, 3.8) is 0 Å². The first-order valence-corrected chi connectivity index (χ1v) is 9.50. The van der Waals surface area contributed by atoms with Gasteiger partial charge in [-0.2, -0.15) is 0 Å². The molecule has 6 heteroatoms. The van der Waals surface area contributed by atoms with Gasteiger partial charge in [-0.15, -0.1) is 0 Å². The zero-order valence-corrected chi connectivity index (χ0v) is 16.2. The highest BCUT2D eigenvalue weighted by Crippen LogP contribution is 2.23. The number of hydrogen-bond donors (Lipinski definition) is 3. The highest BCUT2D eigenvalue weighted by molar-refractivity contribution is 5.92. The number of rotatable bonds is 6. The minimum atomic E-state index is -0.237. The number of H-pyrrole nitrogens is 1.